The second kappa shape index (κ2) is 7.01. The van der Waals surface area contributed by atoms with Crippen molar-refractivity contribution in [1.29, 1.82) is 0 Å². The van der Waals surface area contributed by atoms with Crippen molar-refractivity contribution in [3.05, 3.63) is 30.1 Å². The van der Waals surface area contributed by atoms with Gasteiger partial charge in [0.2, 0.25) is 0 Å². The number of rotatable bonds is 6. The van der Waals surface area contributed by atoms with Crippen LogP contribution in [0, 0.1) is 0 Å². The van der Waals surface area contributed by atoms with Gasteiger partial charge in [0, 0.05) is 6.54 Å². The number of nitrogens with zero attached hydrogens (tertiary/aromatic N) is 3. The summed E-state index contributed by atoms with van der Waals surface area (Å²) in [6.45, 7) is 0.109. The molecule has 2 unspecified atom stereocenters. The van der Waals surface area contributed by atoms with E-state index in [9.17, 15) is 18.0 Å². The van der Waals surface area contributed by atoms with E-state index in [1.165, 1.54) is 4.90 Å². The van der Waals surface area contributed by atoms with Crippen molar-refractivity contribution in [2.45, 2.75) is 31.5 Å². The van der Waals surface area contributed by atoms with Crippen LogP contribution in [0.15, 0.2) is 24.3 Å². The first-order valence-corrected chi connectivity index (χ1v) is 9.80. The zero-order chi connectivity index (χ0) is 19.9. The first-order valence-electron chi connectivity index (χ1n) is 8.44. The van der Waals surface area contributed by atoms with Crippen molar-refractivity contribution >= 4 is 33.4 Å². The van der Waals surface area contributed by atoms with Gasteiger partial charge in [-0.3, -0.25) is 14.2 Å². The summed E-state index contributed by atoms with van der Waals surface area (Å²) in [4.78, 5) is 38.4. The molecule has 150 valence electrons. The molecule has 13 heteroatoms. The van der Waals surface area contributed by atoms with Crippen LogP contribution in [0.3, 0.4) is 0 Å². The van der Waals surface area contributed by atoms with Gasteiger partial charge in [0.15, 0.2) is 0 Å². The van der Waals surface area contributed by atoms with Crippen LogP contribution in [0.2, 0.25) is 0 Å². The summed E-state index contributed by atoms with van der Waals surface area (Å²) in [5.74, 6) is -0.0215. The molecule has 0 radical (unpaired) electrons. The third-order valence-electron chi connectivity index (χ3n) is 4.62. The number of amides is 3. The monoisotopic (exact) mass is 411 g/mol. The van der Waals surface area contributed by atoms with Crippen LogP contribution >= 0.6 is 0 Å². The molecule has 4 rings (SSSR count). The van der Waals surface area contributed by atoms with Gasteiger partial charge in [0.05, 0.1) is 17.1 Å². The summed E-state index contributed by atoms with van der Waals surface area (Å²) in [5.41, 5.74) is 3.90. The number of carbonyl (C=O) groups excluding carboxylic acids is 2. The van der Waals surface area contributed by atoms with Crippen LogP contribution in [0.1, 0.15) is 18.7 Å². The molecule has 28 heavy (non-hydrogen) atoms. The van der Waals surface area contributed by atoms with Crippen molar-refractivity contribution in [2.24, 2.45) is 0 Å². The van der Waals surface area contributed by atoms with Crippen LogP contribution < -0.4 is 5.48 Å². The molecule has 0 aliphatic carbocycles. The Labute approximate surface area is 159 Å². The molecule has 2 aliphatic heterocycles. The van der Waals surface area contributed by atoms with E-state index >= 15 is 0 Å². The van der Waals surface area contributed by atoms with Crippen molar-refractivity contribution in [1.82, 2.24) is 25.4 Å². The Morgan fingerprint density at radius 2 is 2.14 bits per heavy atom. The minimum atomic E-state index is -4.83. The topological polar surface area (TPSA) is 154 Å². The predicted molar refractivity (Wildman–Crippen MR) is 92.4 cm³/mol. The highest BCUT2D eigenvalue weighted by atomic mass is 32.3. The van der Waals surface area contributed by atoms with Gasteiger partial charge in [-0.2, -0.15) is 13.5 Å². The molecule has 2 aromatic rings. The second-order valence-electron chi connectivity index (χ2n) is 6.47. The molecule has 0 saturated carbocycles. The lowest BCUT2D eigenvalue weighted by Gasteiger charge is -2.28. The normalized spacial score (nSPS) is 22.1. The number of fused-ring (bicyclic) bond motifs is 3. The molecule has 2 fully saturated rings. The molecular formula is C15H17N5O7S. The maximum Gasteiger partial charge on any atom is 0.418 e. The molecule has 3 heterocycles. The second-order valence-corrected chi connectivity index (χ2v) is 7.47. The molecule has 1 aromatic heterocycles. The number of hydrogen-bond donors (Lipinski definition) is 3. The molecule has 2 aliphatic rings. The minimum absolute atomic E-state index is 0.00169. The number of nitrogens with one attached hydrogen (secondary N) is 2. The quantitative estimate of drug-likeness (QED) is 0.447. The maximum absolute atomic E-state index is 12.4. The Morgan fingerprint density at radius 3 is 2.89 bits per heavy atom. The van der Waals surface area contributed by atoms with Gasteiger partial charge in [-0.15, -0.1) is 4.28 Å². The van der Waals surface area contributed by atoms with Gasteiger partial charge in [-0.1, -0.05) is 12.1 Å². The lowest BCUT2D eigenvalue weighted by Crippen LogP contribution is -2.49. The SMILES string of the molecule is O=C(NOCc1nc2ccccc2[nH]1)C1CCC2CN1C(=O)N2OS(=O)(=O)O. The Hall–Kier alpha value is -2.74. The minimum Gasteiger partial charge on any atom is -0.340 e. The Bertz CT molecular complexity index is 990. The summed E-state index contributed by atoms with van der Waals surface area (Å²) in [7, 11) is -4.83. The number of imidazole rings is 1. The first kappa shape index (κ1) is 18.6. The zero-order valence-corrected chi connectivity index (χ0v) is 15.3. The van der Waals surface area contributed by atoms with Gasteiger partial charge in [0.25, 0.3) is 5.91 Å². The first-order chi connectivity index (χ1) is 13.3. The smallest absolute Gasteiger partial charge is 0.340 e. The third kappa shape index (κ3) is 3.64. The van der Waals surface area contributed by atoms with Crippen molar-refractivity contribution < 1.29 is 31.7 Å². The summed E-state index contributed by atoms with van der Waals surface area (Å²) in [6.07, 6.45) is 0.626. The van der Waals surface area contributed by atoms with E-state index < -0.39 is 34.4 Å². The fraction of sp³-hybridized carbons (Fsp3) is 0.400. The fourth-order valence-corrected chi connectivity index (χ4v) is 3.81. The number of urea groups is 1. The highest BCUT2D eigenvalue weighted by Crippen LogP contribution is 2.30. The largest absolute Gasteiger partial charge is 0.418 e. The average Bonchev–Trinajstić information content (AvgIpc) is 3.15. The molecule has 1 aromatic carbocycles. The standard InChI is InChI=1S/C15H17N5O7S/c21-14(18-26-8-13-16-10-3-1-2-4-11(10)17-13)12-6-5-9-7-19(12)15(22)20(9)27-28(23,24)25/h1-4,9,12H,5-8H2,(H,16,17)(H,18,21)(H,23,24,25). The summed E-state index contributed by atoms with van der Waals surface area (Å²) in [6, 6.07) is 5.22. The van der Waals surface area contributed by atoms with E-state index in [0.29, 0.717) is 23.7 Å². The van der Waals surface area contributed by atoms with E-state index in [2.05, 4.69) is 19.7 Å². The predicted octanol–water partition coefficient (Wildman–Crippen LogP) is 0.114. The van der Waals surface area contributed by atoms with Gasteiger partial charge >= 0.3 is 16.4 Å². The molecule has 12 nitrogen and oxygen atoms in total. The Balaban J connectivity index is 1.34. The van der Waals surface area contributed by atoms with Crippen LogP contribution in [0.4, 0.5) is 4.79 Å². The molecule has 3 N–H and O–H groups in total. The van der Waals surface area contributed by atoms with Crippen molar-refractivity contribution in [2.75, 3.05) is 6.54 Å². The van der Waals surface area contributed by atoms with Crippen LogP contribution in [-0.4, -0.2) is 63.5 Å². The average molecular weight is 411 g/mol. The number of H-pyrrole nitrogens is 1. The Morgan fingerprint density at radius 1 is 1.36 bits per heavy atom. The highest BCUT2D eigenvalue weighted by molar-refractivity contribution is 7.80. The van der Waals surface area contributed by atoms with Crippen molar-refractivity contribution in [3.63, 3.8) is 0 Å². The summed E-state index contributed by atoms with van der Waals surface area (Å²) >= 11 is 0. The lowest BCUT2D eigenvalue weighted by molar-refractivity contribution is -0.140. The number of aromatic amines is 1. The lowest BCUT2D eigenvalue weighted by atomic mass is 10.0. The van der Waals surface area contributed by atoms with E-state index in [4.69, 9.17) is 9.39 Å². The molecule has 0 spiro atoms. The summed E-state index contributed by atoms with van der Waals surface area (Å²) in [5, 5.41) is 0.581. The number of benzene rings is 1. The molecule has 2 bridgehead atoms. The maximum atomic E-state index is 12.4. The van der Waals surface area contributed by atoms with Crippen LogP contribution in [-0.2, 0) is 30.9 Å². The number of carbonyl (C=O) groups is 2. The van der Waals surface area contributed by atoms with Gasteiger partial charge < -0.3 is 9.88 Å². The Kier molecular flexibility index (Phi) is 4.66. The number of aromatic nitrogens is 2. The van der Waals surface area contributed by atoms with E-state index in [1.54, 1.807) is 0 Å². The molecule has 2 atom stereocenters. The van der Waals surface area contributed by atoms with E-state index in [0.717, 1.165) is 11.0 Å². The highest BCUT2D eigenvalue weighted by Gasteiger charge is 2.49. The molecule has 2 saturated heterocycles. The van der Waals surface area contributed by atoms with E-state index in [-0.39, 0.29) is 13.2 Å². The van der Waals surface area contributed by atoms with Crippen LogP contribution in [0.5, 0.6) is 0 Å². The molecular weight excluding hydrogens is 394 g/mol. The number of hydrogen-bond acceptors (Lipinski definition) is 7. The van der Waals surface area contributed by atoms with Gasteiger partial charge in [-0.05, 0) is 25.0 Å². The third-order valence-corrected chi connectivity index (χ3v) is 4.97. The number of hydroxylamine groups is 3. The van der Waals surface area contributed by atoms with E-state index in [1.807, 2.05) is 24.3 Å². The number of piperidine rings is 1. The van der Waals surface area contributed by atoms with Gasteiger partial charge in [0.1, 0.15) is 18.5 Å². The van der Waals surface area contributed by atoms with Gasteiger partial charge in [-0.25, -0.2) is 15.3 Å². The summed E-state index contributed by atoms with van der Waals surface area (Å²) < 4.78 is 34.9. The van der Waals surface area contributed by atoms with Crippen LogP contribution in [0.25, 0.3) is 11.0 Å². The number of para-hydroxylation sites is 2. The van der Waals surface area contributed by atoms with Crippen molar-refractivity contribution in [3.8, 4) is 0 Å². The molecule has 3 amide bonds. The fourth-order valence-electron chi connectivity index (χ4n) is 3.42. The zero-order valence-electron chi connectivity index (χ0n) is 14.4.